The van der Waals surface area contributed by atoms with Crippen LogP contribution in [0, 0.1) is 6.92 Å². The van der Waals surface area contributed by atoms with Gasteiger partial charge in [-0.3, -0.25) is 0 Å². The van der Waals surface area contributed by atoms with Crippen molar-refractivity contribution in [3.05, 3.63) is 38.4 Å². The number of hydrogen-bond acceptors (Lipinski definition) is 5. The molecule has 0 aliphatic heterocycles. The highest BCUT2D eigenvalue weighted by Gasteiger charge is 2.26. The van der Waals surface area contributed by atoms with Crippen LogP contribution in [0.2, 0.25) is 0 Å². The molecule has 0 fully saturated rings. The van der Waals surface area contributed by atoms with E-state index >= 15 is 0 Å². The number of furan rings is 1. The minimum Gasteiger partial charge on any atom is -0.462 e. The number of nitrogens with zero attached hydrogens (tertiary/aromatic N) is 1. The van der Waals surface area contributed by atoms with Crippen molar-refractivity contribution in [3.63, 3.8) is 0 Å². The van der Waals surface area contributed by atoms with Crippen LogP contribution in [0.15, 0.2) is 30.6 Å². The Kier molecular flexibility index (Phi) is 4.70. The summed E-state index contributed by atoms with van der Waals surface area (Å²) in [5.74, 6) is 0.528. The molecule has 0 aliphatic carbocycles. The second-order valence-corrected chi connectivity index (χ2v) is 8.62. The molecule has 0 saturated carbocycles. The standard InChI is InChI=1S/C12H14BrNO4S2/c1-8-11(4-10(6-15)18-8)20(16,17)14(2)5-9-3-12(13)19-7-9/h3-4,7,15H,5-6H2,1-2H3. The van der Waals surface area contributed by atoms with E-state index in [2.05, 4.69) is 15.9 Å². The van der Waals surface area contributed by atoms with Crippen LogP contribution in [-0.4, -0.2) is 24.9 Å². The highest BCUT2D eigenvalue weighted by Crippen LogP contribution is 2.26. The molecule has 0 atom stereocenters. The Bertz CT molecular complexity index is 705. The van der Waals surface area contributed by atoms with Crippen molar-refractivity contribution >= 4 is 37.3 Å². The van der Waals surface area contributed by atoms with Crippen LogP contribution in [-0.2, 0) is 23.2 Å². The second-order valence-electron chi connectivity index (χ2n) is 4.31. The molecule has 0 saturated heterocycles. The lowest BCUT2D eigenvalue weighted by atomic mass is 10.3. The molecule has 5 nitrogen and oxygen atoms in total. The zero-order valence-corrected chi connectivity index (χ0v) is 14.2. The number of rotatable bonds is 5. The van der Waals surface area contributed by atoms with Crippen molar-refractivity contribution in [3.8, 4) is 0 Å². The average Bonchev–Trinajstić information content (AvgIpc) is 2.95. The number of sulfonamides is 1. The van der Waals surface area contributed by atoms with Crippen molar-refractivity contribution < 1.29 is 17.9 Å². The van der Waals surface area contributed by atoms with Crippen molar-refractivity contribution in [1.29, 1.82) is 0 Å². The number of aliphatic hydroxyl groups excluding tert-OH is 1. The van der Waals surface area contributed by atoms with Gasteiger partial charge in [0.15, 0.2) is 0 Å². The first-order valence-electron chi connectivity index (χ1n) is 5.74. The molecule has 0 radical (unpaired) electrons. The molecule has 20 heavy (non-hydrogen) atoms. The van der Waals surface area contributed by atoms with Crippen LogP contribution in [0.25, 0.3) is 0 Å². The topological polar surface area (TPSA) is 70.8 Å². The van der Waals surface area contributed by atoms with Gasteiger partial charge in [0.05, 0.1) is 3.79 Å². The summed E-state index contributed by atoms with van der Waals surface area (Å²) >= 11 is 4.86. The van der Waals surface area contributed by atoms with Gasteiger partial charge < -0.3 is 9.52 Å². The average molecular weight is 380 g/mol. The highest BCUT2D eigenvalue weighted by atomic mass is 79.9. The van der Waals surface area contributed by atoms with E-state index in [0.29, 0.717) is 0 Å². The fraction of sp³-hybridized carbons (Fsp3) is 0.333. The molecule has 2 aromatic rings. The monoisotopic (exact) mass is 379 g/mol. The smallest absolute Gasteiger partial charge is 0.246 e. The zero-order chi connectivity index (χ0) is 14.9. The van der Waals surface area contributed by atoms with Crippen molar-refractivity contribution in [2.75, 3.05) is 7.05 Å². The predicted octanol–water partition coefficient (Wildman–Crippen LogP) is 2.73. The Hall–Kier alpha value is -0.670. The maximum atomic E-state index is 12.5. The minimum atomic E-state index is -3.63. The maximum Gasteiger partial charge on any atom is 0.246 e. The van der Waals surface area contributed by atoms with Gasteiger partial charge in [0, 0.05) is 19.7 Å². The van der Waals surface area contributed by atoms with Crippen molar-refractivity contribution in [2.45, 2.75) is 25.0 Å². The van der Waals surface area contributed by atoms with Crippen LogP contribution in [0.1, 0.15) is 17.1 Å². The van der Waals surface area contributed by atoms with E-state index in [9.17, 15) is 8.42 Å². The molecule has 0 amide bonds. The Morgan fingerprint density at radius 1 is 1.45 bits per heavy atom. The summed E-state index contributed by atoms with van der Waals surface area (Å²) in [4.78, 5) is 0.0957. The summed E-state index contributed by atoms with van der Waals surface area (Å²) in [6.07, 6.45) is 0. The molecule has 110 valence electrons. The Morgan fingerprint density at radius 2 is 2.15 bits per heavy atom. The van der Waals surface area contributed by atoms with Gasteiger partial charge in [-0.15, -0.1) is 11.3 Å². The normalized spacial score (nSPS) is 12.2. The lowest BCUT2D eigenvalue weighted by Crippen LogP contribution is -2.26. The van der Waals surface area contributed by atoms with Gasteiger partial charge >= 0.3 is 0 Å². The first-order chi connectivity index (χ1) is 9.34. The van der Waals surface area contributed by atoms with Gasteiger partial charge in [0.25, 0.3) is 0 Å². The summed E-state index contributed by atoms with van der Waals surface area (Å²) < 4.78 is 32.4. The Balaban J connectivity index is 2.26. The fourth-order valence-electron chi connectivity index (χ4n) is 1.80. The van der Waals surface area contributed by atoms with E-state index in [1.807, 2.05) is 11.4 Å². The molecule has 0 aromatic carbocycles. The predicted molar refractivity (Wildman–Crippen MR) is 80.0 cm³/mol. The summed E-state index contributed by atoms with van der Waals surface area (Å²) in [6, 6.07) is 3.25. The molecule has 0 unspecified atom stereocenters. The van der Waals surface area contributed by atoms with E-state index in [4.69, 9.17) is 9.52 Å². The number of aliphatic hydroxyl groups is 1. The minimum absolute atomic E-state index is 0.0957. The molecular weight excluding hydrogens is 366 g/mol. The van der Waals surface area contributed by atoms with Crippen molar-refractivity contribution in [2.24, 2.45) is 0 Å². The SMILES string of the molecule is Cc1oc(CO)cc1S(=O)(=O)N(C)Cc1csc(Br)c1. The molecule has 0 spiro atoms. The molecule has 2 heterocycles. The van der Waals surface area contributed by atoms with Crippen LogP contribution in [0.4, 0.5) is 0 Å². The van der Waals surface area contributed by atoms with E-state index in [1.54, 1.807) is 6.92 Å². The Labute approximate surface area is 130 Å². The van der Waals surface area contributed by atoms with Gasteiger partial charge in [-0.05, 0) is 39.9 Å². The zero-order valence-electron chi connectivity index (χ0n) is 11.0. The van der Waals surface area contributed by atoms with Gasteiger partial charge in [-0.2, -0.15) is 4.31 Å². The van der Waals surface area contributed by atoms with E-state index < -0.39 is 10.0 Å². The second kappa shape index (κ2) is 5.98. The molecule has 2 rings (SSSR count). The van der Waals surface area contributed by atoms with Gasteiger partial charge in [-0.1, -0.05) is 0 Å². The molecular formula is C12H14BrNO4S2. The van der Waals surface area contributed by atoms with Gasteiger partial charge in [0.2, 0.25) is 10.0 Å². The maximum absolute atomic E-state index is 12.5. The van der Waals surface area contributed by atoms with Gasteiger partial charge in [0.1, 0.15) is 23.0 Å². The molecule has 1 N–H and O–H groups in total. The van der Waals surface area contributed by atoms with Crippen LogP contribution < -0.4 is 0 Å². The quantitative estimate of drug-likeness (QED) is 0.866. The third-order valence-electron chi connectivity index (χ3n) is 2.79. The summed E-state index contributed by atoms with van der Waals surface area (Å²) in [7, 11) is -2.11. The third-order valence-corrected chi connectivity index (χ3v) is 6.26. The van der Waals surface area contributed by atoms with Crippen molar-refractivity contribution in [1.82, 2.24) is 4.31 Å². The molecule has 0 bridgehead atoms. The van der Waals surface area contributed by atoms with E-state index in [-0.39, 0.29) is 29.6 Å². The molecule has 0 aliphatic rings. The molecule has 8 heteroatoms. The highest BCUT2D eigenvalue weighted by molar-refractivity contribution is 9.11. The number of thiophene rings is 1. The van der Waals surface area contributed by atoms with E-state index in [0.717, 1.165) is 9.35 Å². The third kappa shape index (κ3) is 3.15. The summed E-state index contributed by atoms with van der Waals surface area (Å²) in [6.45, 7) is 1.53. The number of halogens is 1. The number of hydrogen-bond donors (Lipinski definition) is 1. The Morgan fingerprint density at radius 3 is 2.65 bits per heavy atom. The van der Waals surface area contributed by atoms with Crippen LogP contribution in [0.5, 0.6) is 0 Å². The molecule has 2 aromatic heterocycles. The first-order valence-corrected chi connectivity index (χ1v) is 8.85. The number of aryl methyl sites for hydroxylation is 1. The van der Waals surface area contributed by atoms with Crippen LogP contribution >= 0.6 is 27.3 Å². The summed E-state index contributed by atoms with van der Waals surface area (Å²) in [5.41, 5.74) is 0.913. The first kappa shape index (κ1) is 15.7. The summed E-state index contributed by atoms with van der Waals surface area (Å²) in [5, 5.41) is 10.9. The van der Waals surface area contributed by atoms with Gasteiger partial charge in [-0.25, -0.2) is 8.42 Å². The fourth-order valence-corrected chi connectivity index (χ4v) is 4.34. The van der Waals surface area contributed by atoms with Crippen LogP contribution in [0.3, 0.4) is 0 Å². The van der Waals surface area contributed by atoms with E-state index in [1.165, 1.54) is 28.8 Å². The largest absolute Gasteiger partial charge is 0.462 e. The lowest BCUT2D eigenvalue weighted by Gasteiger charge is -2.15. The lowest BCUT2D eigenvalue weighted by molar-refractivity contribution is 0.244.